The predicted molar refractivity (Wildman–Crippen MR) is 95.4 cm³/mol. The summed E-state index contributed by atoms with van der Waals surface area (Å²) in [6, 6.07) is 12.9. The highest BCUT2D eigenvalue weighted by atomic mass is 16.5. The van der Waals surface area contributed by atoms with Crippen molar-refractivity contribution in [2.24, 2.45) is 0 Å². The Balaban J connectivity index is 1.91. The van der Waals surface area contributed by atoms with Crippen LogP contribution in [0.25, 0.3) is 0 Å². The molecule has 1 saturated heterocycles. The Hall–Kier alpha value is -2.69. The monoisotopic (exact) mass is 326 g/mol. The van der Waals surface area contributed by atoms with Gasteiger partial charge < -0.3 is 19.7 Å². The van der Waals surface area contributed by atoms with E-state index in [-0.39, 0.29) is 5.91 Å². The van der Waals surface area contributed by atoms with Crippen LogP contribution in [0.5, 0.6) is 11.5 Å². The van der Waals surface area contributed by atoms with Crippen LogP contribution in [0.15, 0.2) is 42.5 Å². The van der Waals surface area contributed by atoms with Crippen molar-refractivity contribution in [2.75, 3.05) is 37.5 Å². The highest BCUT2D eigenvalue weighted by molar-refractivity contribution is 6.05. The number of hydrogen-bond donors (Lipinski definition) is 1. The lowest BCUT2D eigenvalue weighted by molar-refractivity contribution is 0.102. The maximum absolute atomic E-state index is 12.4. The molecule has 0 unspecified atom stereocenters. The summed E-state index contributed by atoms with van der Waals surface area (Å²) in [6.45, 7) is 2.02. The summed E-state index contributed by atoms with van der Waals surface area (Å²) < 4.78 is 11.0. The minimum absolute atomic E-state index is 0.176. The average Bonchev–Trinajstić information content (AvgIpc) is 3.16. The van der Waals surface area contributed by atoms with Crippen LogP contribution in [0.4, 0.5) is 11.4 Å². The molecule has 0 radical (unpaired) electrons. The van der Waals surface area contributed by atoms with Gasteiger partial charge in [-0.05, 0) is 25.0 Å². The van der Waals surface area contributed by atoms with Crippen LogP contribution in [0.3, 0.4) is 0 Å². The fraction of sp³-hybridized carbons (Fsp3) is 0.316. The number of rotatable bonds is 5. The van der Waals surface area contributed by atoms with Gasteiger partial charge in [0.25, 0.3) is 5.91 Å². The number of nitrogens with one attached hydrogen (secondary N) is 1. The van der Waals surface area contributed by atoms with Crippen LogP contribution in [0.2, 0.25) is 0 Å². The van der Waals surface area contributed by atoms with Gasteiger partial charge in [-0.15, -0.1) is 0 Å². The van der Waals surface area contributed by atoms with Gasteiger partial charge in [0.1, 0.15) is 11.5 Å². The van der Waals surface area contributed by atoms with Crippen molar-refractivity contribution in [3.8, 4) is 11.5 Å². The number of carbonyl (C=O) groups excluding carboxylic acids is 1. The second-order valence-corrected chi connectivity index (χ2v) is 5.74. The van der Waals surface area contributed by atoms with Crippen LogP contribution >= 0.6 is 0 Å². The van der Waals surface area contributed by atoms with Gasteiger partial charge in [-0.1, -0.05) is 18.2 Å². The molecule has 24 heavy (non-hydrogen) atoms. The highest BCUT2D eigenvalue weighted by Gasteiger charge is 2.20. The first-order valence-corrected chi connectivity index (χ1v) is 8.10. The fourth-order valence-corrected chi connectivity index (χ4v) is 2.97. The minimum atomic E-state index is -0.176. The van der Waals surface area contributed by atoms with E-state index in [2.05, 4.69) is 10.2 Å². The molecule has 0 spiro atoms. The zero-order valence-corrected chi connectivity index (χ0v) is 14.0. The summed E-state index contributed by atoms with van der Waals surface area (Å²) in [5, 5.41) is 2.91. The number of ether oxygens (including phenoxy) is 2. The van der Waals surface area contributed by atoms with Crippen LogP contribution in [0.1, 0.15) is 23.2 Å². The molecule has 1 amide bonds. The zero-order valence-electron chi connectivity index (χ0n) is 14.0. The van der Waals surface area contributed by atoms with Gasteiger partial charge >= 0.3 is 0 Å². The number of nitrogens with zero attached hydrogens (tertiary/aromatic N) is 1. The van der Waals surface area contributed by atoms with Gasteiger partial charge in [0.15, 0.2) is 0 Å². The van der Waals surface area contributed by atoms with Crippen LogP contribution < -0.4 is 19.7 Å². The van der Waals surface area contributed by atoms with E-state index in [9.17, 15) is 4.79 Å². The molecule has 1 aliphatic rings. The second kappa shape index (κ2) is 7.25. The molecular formula is C19H22N2O3. The zero-order chi connectivity index (χ0) is 16.9. The summed E-state index contributed by atoms with van der Waals surface area (Å²) in [6.07, 6.45) is 2.36. The molecular weight excluding hydrogens is 304 g/mol. The first-order chi connectivity index (χ1) is 11.7. The Morgan fingerprint density at radius 3 is 2.29 bits per heavy atom. The third-order valence-corrected chi connectivity index (χ3v) is 4.23. The second-order valence-electron chi connectivity index (χ2n) is 5.74. The molecule has 0 atom stereocenters. The summed E-state index contributed by atoms with van der Waals surface area (Å²) in [5.41, 5.74) is 2.21. The number of methoxy groups -OCH3 is 2. The van der Waals surface area contributed by atoms with E-state index in [0.717, 1.165) is 24.5 Å². The van der Waals surface area contributed by atoms with Crippen molar-refractivity contribution in [3.63, 3.8) is 0 Å². The minimum Gasteiger partial charge on any atom is -0.494 e. The van der Waals surface area contributed by atoms with Crippen LogP contribution in [-0.2, 0) is 0 Å². The number of amides is 1. The number of benzene rings is 2. The topological polar surface area (TPSA) is 50.8 Å². The average molecular weight is 326 g/mol. The Labute approximate surface area is 142 Å². The largest absolute Gasteiger partial charge is 0.494 e. The van der Waals surface area contributed by atoms with E-state index in [1.54, 1.807) is 26.4 Å². The summed E-state index contributed by atoms with van der Waals surface area (Å²) in [4.78, 5) is 14.7. The van der Waals surface area contributed by atoms with Crippen molar-refractivity contribution in [3.05, 3.63) is 48.0 Å². The van der Waals surface area contributed by atoms with Gasteiger partial charge in [0, 0.05) is 30.8 Å². The van der Waals surface area contributed by atoms with Crippen molar-refractivity contribution >= 4 is 17.3 Å². The molecule has 0 bridgehead atoms. The molecule has 1 heterocycles. The third-order valence-electron chi connectivity index (χ3n) is 4.23. The molecule has 2 aromatic rings. The van der Waals surface area contributed by atoms with Gasteiger partial charge in [-0.3, -0.25) is 4.79 Å². The summed E-state index contributed by atoms with van der Waals surface area (Å²) in [7, 11) is 3.25. The van der Waals surface area contributed by atoms with Crippen LogP contribution in [0, 0.1) is 0 Å². The Bertz CT molecular complexity index is 710. The third kappa shape index (κ3) is 3.30. The van der Waals surface area contributed by atoms with Gasteiger partial charge in [0.2, 0.25) is 0 Å². The molecule has 5 nitrogen and oxygen atoms in total. The molecule has 1 N–H and O–H groups in total. The van der Waals surface area contributed by atoms with E-state index in [0.29, 0.717) is 17.0 Å². The van der Waals surface area contributed by atoms with Crippen molar-refractivity contribution in [2.45, 2.75) is 12.8 Å². The molecule has 5 heteroatoms. The Morgan fingerprint density at radius 1 is 1.00 bits per heavy atom. The maximum atomic E-state index is 12.4. The van der Waals surface area contributed by atoms with Crippen molar-refractivity contribution in [1.82, 2.24) is 0 Å². The van der Waals surface area contributed by atoms with E-state index < -0.39 is 0 Å². The fourth-order valence-electron chi connectivity index (χ4n) is 2.97. The van der Waals surface area contributed by atoms with E-state index in [1.165, 1.54) is 12.8 Å². The van der Waals surface area contributed by atoms with Crippen molar-refractivity contribution < 1.29 is 14.3 Å². The first kappa shape index (κ1) is 16.2. The molecule has 1 fully saturated rings. The summed E-state index contributed by atoms with van der Waals surface area (Å²) in [5.74, 6) is 1.19. The Morgan fingerprint density at radius 2 is 1.67 bits per heavy atom. The molecule has 2 aromatic carbocycles. The number of carbonyl (C=O) groups is 1. The predicted octanol–water partition coefficient (Wildman–Crippen LogP) is 3.56. The molecule has 126 valence electrons. The van der Waals surface area contributed by atoms with E-state index >= 15 is 0 Å². The maximum Gasteiger partial charge on any atom is 0.255 e. The molecule has 0 aliphatic carbocycles. The van der Waals surface area contributed by atoms with Crippen LogP contribution in [-0.4, -0.2) is 33.2 Å². The first-order valence-electron chi connectivity index (χ1n) is 8.10. The van der Waals surface area contributed by atoms with E-state index in [4.69, 9.17) is 9.47 Å². The van der Waals surface area contributed by atoms with E-state index in [1.807, 2.05) is 30.3 Å². The van der Waals surface area contributed by atoms with Gasteiger partial charge in [-0.2, -0.15) is 0 Å². The highest BCUT2D eigenvalue weighted by Crippen LogP contribution is 2.39. The lowest BCUT2D eigenvalue weighted by atomic mass is 10.2. The van der Waals surface area contributed by atoms with Gasteiger partial charge in [0.05, 0.1) is 25.6 Å². The molecule has 0 saturated carbocycles. The van der Waals surface area contributed by atoms with Gasteiger partial charge in [-0.25, -0.2) is 0 Å². The quantitative estimate of drug-likeness (QED) is 0.913. The molecule has 1 aliphatic heterocycles. The summed E-state index contributed by atoms with van der Waals surface area (Å²) >= 11 is 0. The Kier molecular flexibility index (Phi) is 4.89. The SMILES string of the molecule is COc1cc(N2CCCC2)c(OC)cc1NC(=O)c1ccccc1. The molecule has 3 rings (SSSR count). The normalized spacial score (nSPS) is 13.7. The van der Waals surface area contributed by atoms with Crippen molar-refractivity contribution in [1.29, 1.82) is 0 Å². The lowest BCUT2D eigenvalue weighted by Gasteiger charge is -2.23. The standard InChI is InChI=1S/C19H22N2O3/c1-23-17-13-16(21-10-6-7-11-21)18(24-2)12-15(17)20-19(22)14-8-4-3-5-9-14/h3-5,8-9,12-13H,6-7,10-11H2,1-2H3,(H,20,22). The smallest absolute Gasteiger partial charge is 0.255 e. The number of anilines is 2. The molecule has 0 aromatic heterocycles. The lowest BCUT2D eigenvalue weighted by Crippen LogP contribution is -2.19. The number of hydrogen-bond acceptors (Lipinski definition) is 4.